The normalized spacial score (nSPS) is 11.8. The van der Waals surface area contributed by atoms with Crippen LogP contribution in [0.4, 0.5) is 0 Å². The van der Waals surface area contributed by atoms with E-state index in [1.807, 2.05) is 0 Å². The zero-order valence-corrected chi connectivity index (χ0v) is 7.32. The largest absolute Gasteiger partial charge is 0.481 e. The van der Waals surface area contributed by atoms with E-state index in [1.54, 1.807) is 6.92 Å². The van der Waals surface area contributed by atoms with E-state index < -0.39 is 24.6 Å². The minimum Gasteiger partial charge on any atom is -0.481 e. The van der Waals surface area contributed by atoms with E-state index in [2.05, 4.69) is 11.3 Å². The van der Waals surface area contributed by atoms with Crippen molar-refractivity contribution < 1.29 is 24.5 Å². The van der Waals surface area contributed by atoms with Crippen molar-refractivity contribution in [2.24, 2.45) is 0 Å². The number of rotatable bonds is 5. The summed E-state index contributed by atoms with van der Waals surface area (Å²) in [6.07, 6.45) is -1.42. The standard InChI is InChI=1S/C8H12O5/c1-3-7(11)13-8(12)5(2)4-6(9)10/h7,11H,2-4H2,1H3,(H,9,10). The molecule has 0 heterocycles. The van der Waals surface area contributed by atoms with Gasteiger partial charge < -0.3 is 14.9 Å². The van der Waals surface area contributed by atoms with Gasteiger partial charge in [-0.05, 0) is 0 Å². The number of carbonyl (C=O) groups is 2. The van der Waals surface area contributed by atoms with Crippen LogP contribution in [0.2, 0.25) is 0 Å². The van der Waals surface area contributed by atoms with Gasteiger partial charge in [-0.1, -0.05) is 13.5 Å². The molecule has 0 saturated heterocycles. The van der Waals surface area contributed by atoms with E-state index in [-0.39, 0.29) is 12.0 Å². The quantitative estimate of drug-likeness (QED) is 0.368. The Labute approximate surface area is 75.6 Å². The highest BCUT2D eigenvalue weighted by molar-refractivity contribution is 5.92. The van der Waals surface area contributed by atoms with Gasteiger partial charge in [0.2, 0.25) is 6.29 Å². The molecule has 2 N–H and O–H groups in total. The summed E-state index contributed by atoms with van der Waals surface area (Å²) in [7, 11) is 0. The molecular weight excluding hydrogens is 176 g/mol. The zero-order valence-electron chi connectivity index (χ0n) is 7.32. The number of carbonyl (C=O) groups excluding carboxylic acids is 1. The van der Waals surface area contributed by atoms with Crippen LogP contribution in [0, 0.1) is 0 Å². The highest BCUT2D eigenvalue weighted by atomic mass is 16.6. The molecule has 5 nitrogen and oxygen atoms in total. The lowest BCUT2D eigenvalue weighted by atomic mass is 10.2. The molecule has 1 unspecified atom stereocenters. The Morgan fingerprint density at radius 1 is 1.54 bits per heavy atom. The second-order valence-electron chi connectivity index (χ2n) is 2.44. The monoisotopic (exact) mass is 188 g/mol. The van der Waals surface area contributed by atoms with Crippen LogP contribution in [-0.2, 0) is 14.3 Å². The smallest absolute Gasteiger partial charge is 0.336 e. The van der Waals surface area contributed by atoms with Gasteiger partial charge >= 0.3 is 11.9 Å². The minimum absolute atomic E-state index is 0.181. The van der Waals surface area contributed by atoms with Crippen molar-refractivity contribution in [3.63, 3.8) is 0 Å². The van der Waals surface area contributed by atoms with Crippen LogP contribution in [0.5, 0.6) is 0 Å². The van der Waals surface area contributed by atoms with Crippen molar-refractivity contribution in [3.8, 4) is 0 Å². The molecule has 0 aromatic carbocycles. The van der Waals surface area contributed by atoms with Crippen molar-refractivity contribution >= 4 is 11.9 Å². The van der Waals surface area contributed by atoms with Gasteiger partial charge in [-0.15, -0.1) is 0 Å². The van der Waals surface area contributed by atoms with Gasteiger partial charge in [0.05, 0.1) is 6.42 Å². The van der Waals surface area contributed by atoms with Crippen molar-refractivity contribution in [2.45, 2.75) is 26.1 Å². The number of esters is 1. The maximum atomic E-state index is 10.9. The first-order chi connectivity index (χ1) is 5.97. The van der Waals surface area contributed by atoms with Crippen LogP contribution in [0.3, 0.4) is 0 Å². The van der Waals surface area contributed by atoms with Crippen LogP contribution in [-0.4, -0.2) is 28.4 Å². The van der Waals surface area contributed by atoms with Crippen LogP contribution in [0.1, 0.15) is 19.8 Å². The number of carboxylic acid groups (broad SMARTS) is 1. The summed E-state index contributed by atoms with van der Waals surface area (Å²) in [6, 6.07) is 0. The molecule has 0 aliphatic heterocycles. The second kappa shape index (κ2) is 5.31. The van der Waals surface area contributed by atoms with Crippen molar-refractivity contribution in [1.82, 2.24) is 0 Å². The molecule has 0 fully saturated rings. The van der Waals surface area contributed by atoms with Crippen LogP contribution in [0.25, 0.3) is 0 Å². The lowest BCUT2D eigenvalue weighted by Gasteiger charge is -2.09. The summed E-state index contributed by atoms with van der Waals surface area (Å²) in [5, 5.41) is 17.2. The number of carboxylic acids is 1. The summed E-state index contributed by atoms with van der Waals surface area (Å²) >= 11 is 0. The number of aliphatic hydroxyl groups is 1. The summed E-state index contributed by atoms with van der Waals surface area (Å²) in [4.78, 5) is 21.0. The Hall–Kier alpha value is -1.36. The molecule has 0 bridgehead atoms. The van der Waals surface area contributed by atoms with Crippen molar-refractivity contribution in [1.29, 1.82) is 0 Å². The SMILES string of the molecule is C=C(CC(=O)O)C(=O)OC(O)CC. The minimum atomic E-state index is -1.20. The van der Waals surface area contributed by atoms with E-state index in [0.717, 1.165) is 0 Å². The average Bonchev–Trinajstić information content (AvgIpc) is 2.02. The Kier molecular flexibility index (Phi) is 4.76. The molecule has 5 heteroatoms. The first-order valence-electron chi connectivity index (χ1n) is 3.76. The van der Waals surface area contributed by atoms with Crippen LogP contribution >= 0.6 is 0 Å². The molecule has 13 heavy (non-hydrogen) atoms. The molecule has 0 spiro atoms. The molecule has 0 rings (SSSR count). The molecule has 74 valence electrons. The Morgan fingerprint density at radius 2 is 2.08 bits per heavy atom. The van der Waals surface area contributed by atoms with E-state index in [0.29, 0.717) is 0 Å². The third-order valence-corrected chi connectivity index (χ3v) is 1.25. The fourth-order valence-electron chi connectivity index (χ4n) is 0.545. The third kappa shape index (κ3) is 4.97. The maximum absolute atomic E-state index is 10.9. The summed E-state index contributed by atoms with van der Waals surface area (Å²) in [5.74, 6) is -2.04. The van der Waals surface area contributed by atoms with E-state index in [1.165, 1.54) is 0 Å². The van der Waals surface area contributed by atoms with Crippen LogP contribution in [0.15, 0.2) is 12.2 Å². The average molecular weight is 188 g/mol. The highest BCUT2D eigenvalue weighted by Gasteiger charge is 2.15. The topological polar surface area (TPSA) is 83.8 Å². The van der Waals surface area contributed by atoms with Gasteiger partial charge in [0.25, 0.3) is 0 Å². The van der Waals surface area contributed by atoms with Gasteiger partial charge in [-0.2, -0.15) is 0 Å². The first kappa shape index (κ1) is 11.6. The molecule has 0 amide bonds. The van der Waals surface area contributed by atoms with E-state index in [9.17, 15) is 9.59 Å². The van der Waals surface area contributed by atoms with Gasteiger partial charge in [0, 0.05) is 12.0 Å². The third-order valence-electron chi connectivity index (χ3n) is 1.25. The van der Waals surface area contributed by atoms with Crippen molar-refractivity contribution in [2.75, 3.05) is 0 Å². The Bertz CT molecular complexity index is 221. The summed E-state index contributed by atoms with van der Waals surface area (Å²) in [6.45, 7) is 4.84. The van der Waals surface area contributed by atoms with Gasteiger partial charge in [-0.25, -0.2) is 4.79 Å². The highest BCUT2D eigenvalue weighted by Crippen LogP contribution is 2.04. The van der Waals surface area contributed by atoms with Gasteiger partial charge in [-0.3, -0.25) is 4.79 Å². The number of hydrogen-bond donors (Lipinski definition) is 2. The summed E-state index contributed by atoms with van der Waals surface area (Å²) in [5.41, 5.74) is -0.181. The maximum Gasteiger partial charge on any atom is 0.336 e. The van der Waals surface area contributed by atoms with E-state index >= 15 is 0 Å². The lowest BCUT2D eigenvalue weighted by molar-refractivity contribution is -0.164. The lowest BCUT2D eigenvalue weighted by Crippen LogP contribution is -2.18. The molecule has 1 atom stereocenters. The van der Waals surface area contributed by atoms with Crippen LogP contribution < -0.4 is 0 Å². The zero-order chi connectivity index (χ0) is 10.4. The molecule has 0 radical (unpaired) electrons. The van der Waals surface area contributed by atoms with Gasteiger partial charge in [0.1, 0.15) is 0 Å². The molecule has 0 aromatic rings. The molecular formula is C8H12O5. The number of aliphatic carboxylic acids is 1. The molecule has 0 aliphatic carbocycles. The fourth-order valence-corrected chi connectivity index (χ4v) is 0.545. The Morgan fingerprint density at radius 3 is 2.46 bits per heavy atom. The Balaban J connectivity index is 3.97. The first-order valence-corrected chi connectivity index (χ1v) is 3.76. The second-order valence-corrected chi connectivity index (χ2v) is 2.44. The number of ether oxygens (including phenoxy) is 1. The number of aliphatic hydroxyl groups excluding tert-OH is 1. The predicted octanol–water partition coefficient (Wildman–Crippen LogP) is 0.289. The van der Waals surface area contributed by atoms with Gasteiger partial charge in [0.15, 0.2) is 0 Å². The molecule has 0 aliphatic rings. The molecule has 0 saturated carbocycles. The molecule has 0 aromatic heterocycles. The fraction of sp³-hybridized carbons (Fsp3) is 0.500. The van der Waals surface area contributed by atoms with E-state index in [4.69, 9.17) is 10.2 Å². The predicted molar refractivity (Wildman–Crippen MR) is 43.8 cm³/mol. The van der Waals surface area contributed by atoms with Crippen molar-refractivity contribution in [3.05, 3.63) is 12.2 Å². The summed E-state index contributed by atoms with van der Waals surface area (Å²) < 4.78 is 4.42. The number of hydrogen-bond acceptors (Lipinski definition) is 4.